The Labute approximate surface area is 173 Å². The Balaban J connectivity index is 0.00000131. The lowest BCUT2D eigenvalue weighted by atomic mass is 9.89. The summed E-state index contributed by atoms with van der Waals surface area (Å²) in [4.78, 5) is 17.3. The summed E-state index contributed by atoms with van der Waals surface area (Å²) in [5.74, 6) is 1.63. The molecule has 5 nitrogen and oxygen atoms in total. The van der Waals surface area contributed by atoms with Crippen molar-refractivity contribution in [2.75, 3.05) is 0 Å². The number of nitrogens with zero attached hydrogens (tertiary/aromatic N) is 2. The number of halogens is 2. The summed E-state index contributed by atoms with van der Waals surface area (Å²) < 4.78 is 2.20. The predicted molar refractivity (Wildman–Crippen MR) is 114 cm³/mol. The molecule has 0 radical (unpaired) electrons. The van der Waals surface area contributed by atoms with Gasteiger partial charge in [0.2, 0.25) is 5.91 Å². The molecule has 3 unspecified atom stereocenters. The van der Waals surface area contributed by atoms with Gasteiger partial charge in [0.25, 0.3) is 0 Å². The van der Waals surface area contributed by atoms with E-state index in [1.54, 1.807) is 0 Å². The van der Waals surface area contributed by atoms with Gasteiger partial charge in [0.1, 0.15) is 5.82 Å². The smallest absolute Gasteiger partial charge is 0.220 e. The van der Waals surface area contributed by atoms with Crippen LogP contribution in [0.3, 0.4) is 0 Å². The number of rotatable bonds is 5. The highest BCUT2D eigenvalue weighted by Gasteiger charge is 2.34. The third-order valence-electron chi connectivity index (χ3n) is 5.81. The first-order valence-corrected chi connectivity index (χ1v) is 9.64. The van der Waals surface area contributed by atoms with Crippen molar-refractivity contribution in [1.82, 2.24) is 20.2 Å². The number of carbonyl (C=O) groups is 1. The van der Waals surface area contributed by atoms with Crippen LogP contribution in [0.2, 0.25) is 0 Å². The molecule has 4 rings (SSSR count). The number of benzene rings is 1. The summed E-state index contributed by atoms with van der Waals surface area (Å²) in [6.45, 7) is 5.02. The van der Waals surface area contributed by atoms with E-state index in [9.17, 15) is 4.79 Å². The van der Waals surface area contributed by atoms with Crippen molar-refractivity contribution in [3.05, 3.63) is 30.1 Å². The second kappa shape index (κ2) is 9.26. The first-order valence-electron chi connectivity index (χ1n) is 9.64. The summed E-state index contributed by atoms with van der Waals surface area (Å²) in [5, 5.41) is 6.83. The lowest BCUT2D eigenvalue weighted by Crippen LogP contribution is -2.40. The van der Waals surface area contributed by atoms with Gasteiger partial charge >= 0.3 is 0 Å². The van der Waals surface area contributed by atoms with E-state index in [1.165, 1.54) is 12.8 Å². The average Bonchev–Trinajstić information content (AvgIpc) is 3.14. The van der Waals surface area contributed by atoms with E-state index in [1.807, 2.05) is 25.1 Å². The number of carbonyl (C=O) groups excluding carboxylic acids is 1. The Morgan fingerprint density at radius 2 is 1.93 bits per heavy atom. The highest BCUT2D eigenvalue weighted by Crippen LogP contribution is 2.32. The fourth-order valence-electron chi connectivity index (χ4n) is 4.73. The molecule has 7 heteroatoms. The predicted octanol–water partition coefficient (Wildman–Crippen LogP) is 4.00. The van der Waals surface area contributed by atoms with Crippen LogP contribution in [0, 0.1) is 5.92 Å². The van der Waals surface area contributed by atoms with Gasteiger partial charge in [0.15, 0.2) is 0 Å². The Morgan fingerprint density at radius 3 is 2.59 bits per heavy atom. The number of hydrogen-bond acceptors (Lipinski definition) is 3. The second-order valence-electron chi connectivity index (χ2n) is 7.67. The van der Waals surface area contributed by atoms with E-state index in [4.69, 9.17) is 4.98 Å². The van der Waals surface area contributed by atoms with Gasteiger partial charge in [-0.15, -0.1) is 24.8 Å². The minimum absolute atomic E-state index is 0. The van der Waals surface area contributed by atoms with E-state index >= 15 is 0 Å². The van der Waals surface area contributed by atoms with Gasteiger partial charge in [-0.2, -0.15) is 0 Å². The number of nitrogens with one attached hydrogen (secondary N) is 2. The number of aryl methyl sites for hydroxylation is 1. The topological polar surface area (TPSA) is 59.0 Å². The normalized spacial score (nSPS) is 24.7. The molecule has 2 N–H and O–H groups in total. The molecular formula is C20H30Cl2N4O. The van der Waals surface area contributed by atoms with Gasteiger partial charge in [0, 0.05) is 25.0 Å². The van der Waals surface area contributed by atoms with Crippen LogP contribution in [-0.4, -0.2) is 27.5 Å². The Bertz CT molecular complexity index is 766. The zero-order valence-corrected chi connectivity index (χ0v) is 17.6. The van der Waals surface area contributed by atoms with Crippen LogP contribution in [-0.2, 0) is 11.3 Å². The maximum Gasteiger partial charge on any atom is 0.220 e. The molecule has 0 aliphatic carbocycles. The minimum atomic E-state index is -0.0710. The van der Waals surface area contributed by atoms with Crippen molar-refractivity contribution >= 4 is 41.8 Å². The van der Waals surface area contributed by atoms with Crippen molar-refractivity contribution in [2.24, 2.45) is 5.92 Å². The summed E-state index contributed by atoms with van der Waals surface area (Å²) in [7, 11) is 0. The summed E-state index contributed by atoms with van der Waals surface area (Å²) in [6.07, 6.45) is 5.49. The third kappa shape index (κ3) is 4.58. The molecule has 2 fully saturated rings. The van der Waals surface area contributed by atoms with E-state index in [-0.39, 0.29) is 36.8 Å². The molecule has 2 aromatic rings. The standard InChI is InChI=1S/C20H28N4O.2ClH/c1-3-24-18-7-5-4-6-17(18)23-20(24)13(2)21-19(25)12-14-10-15-8-9-16(11-14)22-15;;/h4-7,13-16,22H,3,8-12H2,1-2H3,(H,21,25);2*1H. The van der Waals surface area contributed by atoms with Crippen molar-refractivity contribution in [1.29, 1.82) is 0 Å². The zero-order valence-electron chi connectivity index (χ0n) is 16.0. The zero-order chi connectivity index (χ0) is 17.4. The minimum Gasteiger partial charge on any atom is -0.346 e. The molecule has 0 saturated carbocycles. The molecule has 2 saturated heterocycles. The molecule has 0 spiro atoms. The van der Waals surface area contributed by atoms with Crippen molar-refractivity contribution in [3.8, 4) is 0 Å². The molecule has 27 heavy (non-hydrogen) atoms. The second-order valence-corrected chi connectivity index (χ2v) is 7.67. The fraction of sp³-hybridized carbons (Fsp3) is 0.600. The number of imidazole rings is 1. The molecule has 3 atom stereocenters. The number of hydrogen-bond donors (Lipinski definition) is 2. The van der Waals surface area contributed by atoms with Gasteiger partial charge in [-0.1, -0.05) is 12.1 Å². The van der Waals surface area contributed by atoms with Crippen LogP contribution >= 0.6 is 24.8 Å². The SMILES string of the molecule is CCn1c(C(C)NC(=O)CC2CC3CCC(C2)N3)nc2ccccc21.Cl.Cl. The molecule has 2 aliphatic heterocycles. The number of piperidine rings is 1. The van der Waals surface area contributed by atoms with Gasteiger partial charge in [-0.05, 0) is 57.6 Å². The number of para-hydroxylation sites is 2. The van der Waals surface area contributed by atoms with E-state index in [0.29, 0.717) is 24.4 Å². The first kappa shape index (κ1) is 22.0. The summed E-state index contributed by atoms with van der Waals surface area (Å²) in [6, 6.07) is 9.37. The number of amides is 1. The fourth-order valence-corrected chi connectivity index (χ4v) is 4.73. The van der Waals surface area contributed by atoms with Crippen LogP contribution in [0.5, 0.6) is 0 Å². The monoisotopic (exact) mass is 412 g/mol. The van der Waals surface area contributed by atoms with Gasteiger partial charge in [0.05, 0.1) is 17.1 Å². The highest BCUT2D eigenvalue weighted by molar-refractivity contribution is 5.85. The van der Waals surface area contributed by atoms with Crippen molar-refractivity contribution in [2.45, 2.75) is 70.6 Å². The van der Waals surface area contributed by atoms with E-state index in [2.05, 4.69) is 28.2 Å². The van der Waals surface area contributed by atoms with Crippen LogP contribution in [0.15, 0.2) is 24.3 Å². The Morgan fingerprint density at radius 1 is 1.26 bits per heavy atom. The largest absolute Gasteiger partial charge is 0.346 e. The summed E-state index contributed by atoms with van der Waals surface area (Å²) >= 11 is 0. The van der Waals surface area contributed by atoms with Gasteiger partial charge in [-0.3, -0.25) is 4.79 Å². The molecule has 1 aromatic heterocycles. The molecule has 1 amide bonds. The quantitative estimate of drug-likeness (QED) is 0.779. The molecule has 150 valence electrons. The van der Waals surface area contributed by atoms with Crippen molar-refractivity contribution < 1.29 is 4.79 Å². The van der Waals surface area contributed by atoms with E-state index in [0.717, 1.165) is 36.2 Å². The maximum absolute atomic E-state index is 12.6. The molecule has 2 aliphatic rings. The highest BCUT2D eigenvalue weighted by atomic mass is 35.5. The average molecular weight is 413 g/mol. The van der Waals surface area contributed by atoms with Crippen LogP contribution in [0.1, 0.15) is 57.8 Å². The van der Waals surface area contributed by atoms with Crippen LogP contribution < -0.4 is 10.6 Å². The van der Waals surface area contributed by atoms with Crippen LogP contribution in [0.4, 0.5) is 0 Å². The van der Waals surface area contributed by atoms with Gasteiger partial charge < -0.3 is 15.2 Å². The number of aromatic nitrogens is 2. The van der Waals surface area contributed by atoms with Crippen molar-refractivity contribution in [3.63, 3.8) is 0 Å². The first-order chi connectivity index (χ1) is 12.1. The lowest BCUT2D eigenvalue weighted by Gasteiger charge is -2.29. The number of fused-ring (bicyclic) bond motifs is 3. The molecular weight excluding hydrogens is 383 g/mol. The maximum atomic E-state index is 12.6. The third-order valence-corrected chi connectivity index (χ3v) is 5.81. The van der Waals surface area contributed by atoms with Crippen LogP contribution in [0.25, 0.3) is 11.0 Å². The summed E-state index contributed by atoms with van der Waals surface area (Å²) in [5.41, 5.74) is 2.13. The molecule has 1 aromatic carbocycles. The molecule has 3 heterocycles. The molecule has 2 bridgehead atoms. The lowest BCUT2D eigenvalue weighted by molar-refractivity contribution is -0.123. The Hall–Kier alpha value is -1.30. The van der Waals surface area contributed by atoms with Gasteiger partial charge in [-0.25, -0.2) is 4.98 Å². The van der Waals surface area contributed by atoms with E-state index < -0.39 is 0 Å². The Kier molecular flexibility index (Phi) is 7.55.